The van der Waals surface area contributed by atoms with Crippen LogP contribution in [-0.2, 0) is 6.54 Å². The molecule has 0 radical (unpaired) electrons. The molecule has 4 nitrogen and oxygen atoms in total. The molecule has 0 amide bonds. The van der Waals surface area contributed by atoms with Crippen LogP contribution in [0.5, 0.6) is 5.75 Å². The second-order valence-electron chi connectivity index (χ2n) is 5.67. The van der Waals surface area contributed by atoms with Crippen LogP contribution in [0.25, 0.3) is 11.0 Å². The van der Waals surface area contributed by atoms with Gasteiger partial charge in [0.15, 0.2) is 11.6 Å². The predicted molar refractivity (Wildman–Crippen MR) is 84.6 cm³/mol. The number of hydrogen-bond donors (Lipinski definition) is 2. The Hall–Kier alpha value is -2.73. The second-order valence-corrected chi connectivity index (χ2v) is 5.67. The van der Waals surface area contributed by atoms with Crippen LogP contribution in [0.1, 0.15) is 24.1 Å². The van der Waals surface area contributed by atoms with Gasteiger partial charge in [0, 0.05) is 28.6 Å². The first-order valence-corrected chi connectivity index (χ1v) is 7.48. The van der Waals surface area contributed by atoms with Crippen LogP contribution in [0.4, 0.5) is 8.78 Å². The standard InChI is InChI=1S/C18H15F2NO3/c1-10(11-2-5-15(19)16(20)6-11)21-9-12-7-18(23)24-17-8-13(22)3-4-14(12)17/h2-8,10,21-22H,9H2,1H3/p+1/t10-/m0/s1. The fourth-order valence-electron chi connectivity index (χ4n) is 2.62. The third kappa shape index (κ3) is 3.28. The zero-order chi connectivity index (χ0) is 17.3. The number of nitrogens with two attached hydrogens (primary N) is 1. The molecule has 3 aromatic rings. The monoisotopic (exact) mass is 332 g/mol. The number of hydrogen-bond acceptors (Lipinski definition) is 3. The fourth-order valence-corrected chi connectivity index (χ4v) is 2.62. The van der Waals surface area contributed by atoms with E-state index < -0.39 is 17.3 Å². The van der Waals surface area contributed by atoms with E-state index in [0.29, 0.717) is 17.7 Å². The summed E-state index contributed by atoms with van der Waals surface area (Å²) in [6, 6.07) is 9.67. The molecule has 3 rings (SSSR count). The van der Waals surface area contributed by atoms with Gasteiger partial charge in [0.2, 0.25) is 0 Å². The van der Waals surface area contributed by atoms with E-state index in [1.165, 1.54) is 30.3 Å². The Morgan fingerprint density at radius 3 is 2.67 bits per heavy atom. The largest absolute Gasteiger partial charge is 0.508 e. The Morgan fingerprint density at radius 1 is 1.12 bits per heavy atom. The van der Waals surface area contributed by atoms with E-state index in [9.17, 15) is 18.7 Å². The fraction of sp³-hybridized carbons (Fsp3) is 0.167. The van der Waals surface area contributed by atoms with Gasteiger partial charge in [-0.3, -0.25) is 0 Å². The van der Waals surface area contributed by atoms with E-state index >= 15 is 0 Å². The Morgan fingerprint density at radius 2 is 1.92 bits per heavy atom. The van der Waals surface area contributed by atoms with Gasteiger partial charge in [-0.1, -0.05) is 0 Å². The van der Waals surface area contributed by atoms with Crippen molar-refractivity contribution in [2.24, 2.45) is 0 Å². The van der Waals surface area contributed by atoms with Gasteiger partial charge in [-0.2, -0.15) is 0 Å². The number of fused-ring (bicyclic) bond motifs is 1. The lowest BCUT2D eigenvalue weighted by atomic mass is 10.1. The van der Waals surface area contributed by atoms with Crippen molar-refractivity contribution in [2.75, 3.05) is 0 Å². The molecule has 0 aliphatic rings. The van der Waals surface area contributed by atoms with Crippen molar-refractivity contribution in [3.05, 3.63) is 75.6 Å². The van der Waals surface area contributed by atoms with Crippen LogP contribution in [0.15, 0.2) is 51.7 Å². The summed E-state index contributed by atoms with van der Waals surface area (Å²) in [5.74, 6) is -1.74. The summed E-state index contributed by atoms with van der Waals surface area (Å²) in [7, 11) is 0. The maximum absolute atomic E-state index is 13.3. The number of phenolic OH excluding ortho intramolecular Hbond substituents is 1. The van der Waals surface area contributed by atoms with E-state index in [4.69, 9.17) is 4.42 Å². The minimum absolute atomic E-state index is 0.0157. The van der Waals surface area contributed by atoms with E-state index in [-0.39, 0.29) is 11.8 Å². The molecule has 1 atom stereocenters. The van der Waals surface area contributed by atoms with Gasteiger partial charge in [-0.15, -0.1) is 0 Å². The Bertz CT molecular complexity index is 953. The number of halogens is 2. The van der Waals surface area contributed by atoms with Crippen molar-refractivity contribution in [3.8, 4) is 5.75 Å². The number of benzene rings is 2. The first-order valence-electron chi connectivity index (χ1n) is 7.48. The molecule has 2 aromatic carbocycles. The van der Waals surface area contributed by atoms with Crippen molar-refractivity contribution < 1.29 is 23.6 Å². The molecular formula is C18H16F2NO3+. The molecule has 0 aliphatic heterocycles. The maximum Gasteiger partial charge on any atom is 0.336 e. The van der Waals surface area contributed by atoms with Crippen LogP contribution < -0.4 is 10.9 Å². The van der Waals surface area contributed by atoms with Gasteiger partial charge in [0.25, 0.3) is 0 Å². The predicted octanol–water partition coefficient (Wildman–Crippen LogP) is 2.60. The lowest BCUT2D eigenvalue weighted by molar-refractivity contribution is -0.707. The Kier molecular flexibility index (Phi) is 4.31. The number of rotatable bonds is 4. The van der Waals surface area contributed by atoms with Crippen molar-refractivity contribution >= 4 is 11.0 Å². The maximum atomic E-state index is 13.3. The van der Waals surface area contributed by atoms with Crippen LogP contribution in [0, 0.1) is 11.6 Å². The Balaban J connectivity index is 1.85. The van der Waals surface area contributed by atoms with Crippen LogP contribution in [0.3, 0.4) is 0 Å². The highest BCUT2D eigenvalue weighted by Gasteiger charge is 2.14. The van der Waals surface area contributed by atoms with Gasteiger partial charge in [-0.05, 0) is 37.3 Å². The second kappa shape index (κ2) is 6.41. The number of phenols is 1. The summed E-state index contributed by atoms with van der Waals surface area (Å²) < 4.78 is 31.4. The molecule has 0 unspecified atom stereocenters. The molecule has 1 heterocycles. The molecule has 124 valence electrons. The average molecular weight is 332 g/mol. The zero-order valence-electron chi connectivity index (χ0n) is 12.9. The number of quaternary nitrogens is 1. The molecule has 0 fully saturated rings. The van der Waals surface area contributed by atoms with Crippen molar-refractivity contribution in [1.29, 1.82) is 0 Å². The van der Waals surface area contributed by atoms with E-state index in [2.05, 4.69) is 0 Å². The van der Waals surface area contributed by atoms with Crippen LogP contribution >= 0.6 is 0 Å². The van der Waals surface area contributed by atoms with Crippen molar-refractivity contribution in [3.63, 3.8) is 0 Å². The van der Waals surface area contributed by atoms with Gasteiger partial charge >= 0.3 is 5.63 Å². The highest BCUT2D eigenvalue weighted by molar-refractivity contribution is 5.81. The number of aromatic hydroxyl groups is 1. The minimum Gasteiger partial charge on any atom is -0.508 e. The molecular weight excluding hydrogens is 316 g/mol. The molecule has 3 N–H and O–H groups in total. The first-order chi connectivity index (χ1) is 11.4. The van der Waals surface area contributed by atoms with Gasteiger partial charge in [0.05, 0.1) is 0 Å². The molecule has 0 bridgehead atoms. The zero-order valence-corrected chi connectivity index (χ0v) is 12.9. The van der Waals surface area contributed by atoms with Crippen LogP contribution in [-0.4, -0.2) is 5.11 Å². The minimum atomic E-state index is -0.881. The summed E-state index contributed by atoms with van der Waals surface area (Å²) in [5, 5.41) is 12.1. The summed E-state index contributed by atoms with van der Waals surface area (Å²) in [6.07, 6.45) is 0. The highest BCUT2D eigenvalue weighted by atomic mass is 19.2. The smallest absolute Gasteiger partial charge is 0.336 e. The summed E-state index contributed by atoms with van der Waals surface area (Å²) in [5.41, 5.74) is 1.21. The molecule has 0 saturated carbocycles. The summed E-state index contributed by atoms with van der Waals surface area (Å²) in [6.45, 7) is 2.32. The summed E-state index contributed by atoms with van der Waals surface area (Å²) >= 11 is 0. The Labute approximate surface area is 136 Å². The molecule has 6 heteroatoms. The topological polar surface area (TPSA) is 67.0 Å². The molecule has 24 heavy (non-hydrogen) atoms. The lowest BCUT2D eigenvalue weighted by Gasteiger charge is -2.12. The van der Waals surface area contributed by atoms with E-state index in [1.54, 1.807) is 6.07 Å². The SMILES string of the molecule is C[C@H]([NH2+]Cc1cc(=O)oc2cc(O)ccc12)c1ccc(F)c(F)c1. The van der Waals surface area contributed by atoms with E-state index in [1.807, 2.05) is 12.2 Å². The quantitative estimate of drug-likeness (QED) is 0.722. The third-order valence-corrected chi connectivity index (χ3v) is 3.97. The van der Waals surface area contributed by atoms with Gasteiger partial charge in [-0.25, -0.2) is 13.6 Å². The van der Waals surface area contributed by atoms with Crippen molar-refractivity contribution in [1.82, 2.24) is 0 Å². The van der Waals surface area contributed by atoms with E-state index in [0.717, 1.165) is 17.0 Å². The lowest BCUT2D eigenvalue weighted by Crippen LogP contribution is -2.83. The van der Waals surface area contributed by atoms with Crippen LogP contribution in [0.2, 0.25) is 0 Å². The highest BCUT2D eigenvalue weighted by Crippen LogP contribution is 2.21. The first kappa shape index (κ1) is 16.1. The summed E-state index contributed by atoms with van der Waals surface area (Å²) in [4.78, 5) is 11.7. The average Bonchev–Trinajstić information content (AvgIpc) is 2.54. The van der Waals surface area contributed by atoms with Gasteiger partial charge < -0.3 is 14.8 Å². The normalized spacial score (nSPS) is 12.5. The molecule has 1 aromatic heterocycles. The third-order valence-electron chi connectivity index (χ3n) is 3.97. The van der Waals surface area contributed by atoms with Crippen molar-refractivity contribution in [2.45, 2.75) is 19.5 Å². The molecule has 0 spiro atoms. The van der Waals surface area contributed by atoms with Gasteiger partial charge in [0.1, 0.15) is 23.9 Å². The molecule has 0 aliphatic carbocycles. The molecule has 0 saturated heterocycles.